The zero-order chi connectivity index (χ0) is 17.4. The number of carbonyl (C=O) groups excluding carboxylic acids is 2. The molecule has 1 aromatic carbocycles. The van der Waals surface area contributed by atoms with Crippen LogP contribution >= 0.6 is 12.6 Å². The van der Waals surface area contributed by atoms with Gasteiger partial charge in [-0.2, -0.15) is 0 Å². The number of benzene rings is 1. The van der Waals surface area contributed by atoms with Crippen molar-refractivity contribution in [2.45, 2.75) is 55.6 Å². The van der Waals surface area contributed by atoms with Gasteiger partial charge in [0.1, 0.15) is 5.50 Å². The van der Waals surface area contributed by atoms with E-state index in [1.807, 2.05) is 18.2 Å². The summed E-state index contributed by atoms with van der Waals surface area (Å²) >= 11 is 4.32. The second-order valence-corrected chi connectivity index (χ2v) is 8.11. The first-order chi connectivity index (χ1) is 12.1. The first-order valence-corrected chi connectivity index (χ1v) is 9.71. The number of amides is 2. The Bertz CT molecular complexity index is 662. The second kappa shape index (κ2) is 6.65. The van der Waals surface area contributed by atoms with Crippen molar-refractivity contribution in [3.63, 3.8) is 0 Å². The minimum absolute atomic E-state index is 0.0369. The molecule has 5 nitrogen and oxygen atoms in total. The van der Waals surface area contributed by atoms with Gasteiger partial charge in [0.15, 0.2) is 0 Å². The van der Waals surface area contributed by atoms with E-state index >= 15 is 0 Å². The number of fused-ring (bicyclic) bond motifs is 1. The van der Waals surface area contributed by atoms with Crippen molar-refractivity contribution in [2.75, 3.05) is 0 Å². The lowest BCUT2D eigenvalue weighted by molar-refractivity contribution is -0.135. The van der Waals surface area contributed by atoms with Gasteiger partial charge in [-0.1, -0.05) is 30.3 Å². The van der Waals surface area contributed by atoms with Crippen molar-refractivity contribution in [1.29, 1.82) is 0 Å². The maximum Gasteiger partial charge on any atom is 0.226 e. The topological polar surface area (TPSA) is 70.2 Å². The van der Waals surface area contributed by atoms with Crippen molar-refractivity contribution in [3.8, 4) is 0 Å². The van der Waals surface area contributed by atoms with E-state index in [-0.39, 0.29) is 40.7 Å². The number of carbonyl (C=O) groups is 2. The van der Waals surface area contributed by atoms with Crippen LogP contribution in [0.1, 0.15) is 44.1 Å². The van der Waals surface area contributed by atoms with Crippen LogP contribution < -0.4 is 16.0 Å². The highest BCUT2D eigenvalue weighted by Crippen LogP contribution is 2.42. The Kier molecular flexibility index (Phi) is 4.50. The highest BCUT2D eigenvalue weighted by Gasteiger charge is 2.44. The lowest BCUT2D eigenvalue weighted by atomic mass is 9.70. The number of hydrogen-bond donors (Lipinski definition) is 4. The molecule has 1 aliphatic heterocycles. The van der Waals surface area contributed by atoms with Crippen molar-refractivity contribution in [2.24, 2.45) is 11.8 Å². The van der Waals surface area contributed by atoms with Crippen LogP contribution in [0.2, 0.25) is 0 Å². The molecule has 0 bridgehead atoms. The van der Waals surface area contributed by atoms with Gasteiger partial charge in [-0.3, -0.25) is 14.9 Å². The maximum atomic E-state index is 13.0. The summed E-state index contributed by atoms with van der Waals surface area (Å²) in [6.45, 7) is 0. The molecule has 1 heterocycles. The number of hydrogen-bond acceptors (Lipinski definition) is 4. The van der Waals surface area contributed by atoms with E-state index in [1.54, 1.807) is 0 Å². The van der Waals surface area contributed by atoms with E-state index in [9.17, 15) is 9.59 Å². The minimum atomic E-state index is -0.321. The molecule has 0 radical (unpaired) electrons. The molecular formula is C19H25N3O2S. The molecule has 25 heavy (non-hydrogen) atoms. The lowest BCUT2D eigenvalue weighted by Crippen LogP contribution is -2.62. The maximum absolute atomic E-state index is 13.0. The SMILES string of the molecule is O=C(NC1(c2ccccc2)CCC1)C1CCC2C(=O)NC(S)NC2C1. The molecule has 0 spiro atoms. The quantitative estimate of drug-likeness (QED) is 0.623. The molecule has 4 unspecified atom stereocenters. The highest BCUT2D eigenvalue weighted by molar-refractivity contribution is 7.80. The van der Waals surface area contributed by atoms with E-state index in [1.165, 1.54) is 5.56 Å². The summed E-state index contributed by atoms with van der Waals surface area (Å²) in [6.07, 6.45) is 5.37. The van der Waals surface area contributed by atoms with Crippen LogP contribution in [0.4, 0.5) is 0 Å². The minimum Gasteiger partial charge on any atom is -0.346 e. The smallest absolute Gasteiger partial charge is 0.226 e. The monoisotopic (exact) mass is 359 g/mol. The van der Waals surface area contributed by atoms with Gasteiger partial charge >= 0.3 is 0 Å². The average molecular weight is 359 g/mol. The molecule has 6 heteroatoms. The molecule has 2 saturated carbocycles. The summed E-state index contributed by atoms with van der Waals surface area (Å²) < 4.78 is 0. The fraction of sp³-hybridized carbons (Fsp3) is 0.579. The van der Waals surface area contributed by atoms with E-state index in [4.69, 9.17) is 0 Å². The van der Waals surface area contributed by atoms with E-state index in [2.05, 4.69) is 40.7 Å². The lowest BCUT2D eigenvalue weighted by Gasteiger charge is -2.45. The zero-order valence-electron chi connectivity index (χ0n) is 14.2. The van der Waals surface area contributed by atoms with Gasteiger partial charge < -0.3 is 10.6 Å². The summed E-state index contributed by atoms with van der Waals surface area (Å²) in [5.74, 6) is 0.105. The van der Waals surface area contributed by atoms with Crippen LogP contribution in [0, 0.1) is 11.8 Å². The summed E-state index contributed by atoms with van der Waals surface area (Å²) in [6, 6.07) is 10.3. The molecule has 4 rings (SSSR count). The summed E-state index contributed by atoms with van der Waals surface area (Å²) in [5.41, 5.74) is 0.685. The summed E-state index contributed by atoms with van der Waals surface area (Å²) in [7, 11) is 0. The molecule has 134 valence electrons. The second-order valence-electron chi connectivity index (χ2n) is 7.59. The van der Waals surface area contributed by atoms with Crippen LogP contribution in [0.5, 0.6) is 0 Å². The summed E-state index contributed by atoms with van der Waals surface area (Å²) in [5, 5.41) is 9.47. The third kappa shape index (κ3) is 3.17. The van der Waals surface area contributed by atoms with Crippen molar-refractivity contribution < 1.29 is 9.59 Å². The van der Waals surface area contributed by atoms with Crippen LogP contribution in [-0.4, -0.2) is 23.4 Å². The fourth-order valence-electron chi connectivity index (χ4n) is 4.50. The van der Waals surface area contributed by atoms with Gasteiger partial charge in [-0.05, 0) is 44.1 Å². The van der Waals surface area contributed by atoms with E-state index in [0.717, 1.165) is 32.1 Å². The largest absolute Gasteiger partial charge is 0.346 e. The Balaban J connectivity index is 1.44. The van der Waals surface area contributed by atoms with Crippen LogP contribution in [-0.2, 0) is 15.1 Å². The Morgan fingerprint density at radius 2 is 1.96 bits per heavy atom. The molecule has 3 aliphatic rings. The van der Waals surface area contributed by atoms with Crippen molar-refractivity contribution in [3.05, 3.63) is 35.9 Å². The first kappa shape index (κ1) is 16.9. The Labute approximate surface area is 153 Å². The van der Waals surface area contributed by atoms with Crippen LogP contribution in [0.15, 0.2) is 30.3 Å². The summed E-state index contributed by atoms with van der Waals surface area (Å²) in [4.78, 5) is 25.0. The Morgan fingerprint density at radius 1 is 1.20 bits per heavy atom. The zero-order valence-corrected chi connectivity index (χ0v) is 15.1. The molecule has 2 aliphatic carbocycles. The Morgan fingerprint density at radius 3 is 2.64 bits per heavy atom. The first-order valence-electron chi connectivity index (χ1n) is 9.19. The predicted molar refractivity (Wildman–Crippen MR) is 98.8 cm³/mol. The third-order valence-electron chi connectivity index (χ3n) is 6.10. The molecule has 1 aromatic rings. The van der Waals surface area contributed by atoms with Gasteiger partial charge in [0.25, 0.3) is 0 Å². The predicted octanol–water partition coefficient (Wildman–Crippen LogP) is 1.90. The Hall–Kier alpha value is -1.53. The van der Waals surface area contributed by atoms with Gasteiger partial charge in [-0.15, -0.1) is 12.6 Å². The van der Waals surface area contributed by atoms with Crippen molar-refractivity contribution in [1.82, 2.24) is 16.0 Å². The van der Waals surface area contributed by atoms with Crippen LogP contribution in [0.3, 0.4) is 0 Å². The normalized spacial score (nSPS) is 33.6. The van der Waals surface area contributed by atoms with Gasteiger partial charge in [0, 0.05) is 12.0 Å². The third-order valence-corrected chi connectivity index (χ3v) is 6.38. The number of nitrogens with one attached hydrogen (secondary N) is 3. The van der Waals surface area contributed by atoms with Crippen LogP contribution in [0.25, 0.3) is 0 Å². The van der Waals surface area contributed by atoms with E-state index < -0.39 is 0 Å². The van der Waals surface area contributed by atoms with Gasteiger partial charge in [0.05, 0.1) is 11.5 Å². The molecule has 3 N–H and O–H groups in total. The van der Waals surface area contributed by atoms with Gasteiger partial charge in [-0.25, -0.2) is 0 Å². The van der Waals surface area contributed by atoms with Crippen molar-refractivity contribution >= 4 is 24.4 Å². The average Bonchev–Trinajstić information content (AvgIpc) is 2.58. The van der Waals surface area contributed by atoms with E-state index in [0.29, 0.717) is 6.42 Å². The number of thiol groups is 1. The number of rotatable bonds is 3. The molecule has 0 aromatic heterocycles. The molecule has 2 amide bonds. The fourth-order valence-corrected chi connectivity index (χ4v) is 4.82. The molecular weight excluding hydrogens is 334 g/mol. The standard InChI is InChI=1S/C19H25N3O2S/c23-16(22-19(9-4-10-19)13-5-2-1-3-6-13)12-7-8-14-15(11-12)20-18(25)21-17(14)24/h1-3,5-6,12,14-15,18,20,25H,4,7-11H2,(H,21,24)(H,22,23). The molecule has 4 atom stereocenters. The highest BCUT2D eigenvalue weighted by atomic mass is 32.1. The van der Waals surface area contributed by atoms with Gasteiger partial charge in [0.2, 0.25) is 11.8 Å². The molecule has 3 fully saturated rings. The molecule has 1 saturated heterocycles.